The number of pyridine rings is 3. The van der Waals surface area contributed by atoms with E-state index in [1.807, 2.05) is 12.3 Å². The van der Waals surface area contributed by atoms with Crippen LogP contribution in [0.15, 0.2) is 156 Å². The fourth-order valence-corrected chi connectivity index (χ4v) is 8.81. The topological polar surface area (TPSA) is 51.0 Å². The number of hydrogen-bond donors (Lipinski definition) is 0. The minimum atomic E-state index is -0.116. The molecule has 5 aromatic carbocycles. The summed E-state index contributed by atoms with van der Waals surface area (Å²) in [6.45, 7) is 7.69. The van der Waals surface area contributed by atoms with E-state index in [0.29, 0.717) is 0 Å². The summed E-state index contributed by atoms with van der Waals surface area (Å²) in [6.07, 6.45) is 8.34. The van der Waals surface area contributed by atoms with E-state index in [1.54, 1.807) is 0 Å². The molecule has 0 fully saturated rings. The van der Waals surface area contributed by atoms with Crippen LogP contribution in [0.2, 0.25) is 0 Å². The summed E-state index contributed by atoms with van der Waals surface area (Å²) in [5.74, 6) is 0.209. The smallest absolute Gasteiger partial charge is 0.0978 e. The van der Waals surface area contributed by atoms with E-state index in [4.69, 9.17) is 19.9 Å². The molecule has 264 valence electrons. The van der Waals surface area contributed by atoms with Crippen molar-refractivity contribution in [3.05, 3.63) is 163 Å². The number of para-hydroxylation sites is 1. The van der Waals surface area contributed by atoms with Gasteiger partial charge in [-0.3, -0.25) is 9.98 Å². The van der Waals surface area contributed by atoms with Crippen molar-refractivity contribution in [2.75, 3.05) is 6.54 Å². The van der Waals surface area contributed by atoms with Gasteiger partial charge in [-0.1, -0.05) is 136 Å². The van der Waals surface area contributed by atoms with Crippen LogP contribution >= 0.6 is 0 Å². The van der Waals surface area contributed by atoms with Gasteiger partial charge in [0, 0.05) is 62.8 Å². The normalized spacial score (nSPS) is 17.7. The van der Waals surface area contributed by atoms with Gasteiger partial charge in [-0.15, -0.1) is 0 Å². The van der Waals surface area contributed by atoms with E-state index in [9.17, 15) is 0 Å². The number of allylic oxidation sites excluding steroid dienone is 2. The highest BCUT2D eigenvalue weighted by Crippen LogP contribution is 2.47. The molecule has 3 aromatic heterocycles. The van der Waals surface area contributed by atoms with E-state index < -0.39 is 0 Å². The van der Waals surface area contributed by atoms with Crippen LogP contribution in [0.3, 0.4) is 0 Å². The van der Waals surface area contributed by atoms with Gasteiger partial charge in [0.15, 0.2) is 0 Å². The Morgan fingerprint density at radius 3 is 2.26 bits per heavy atom. The zero-order chi connectivity index (χ0) is 36.6. The van der Waals surface area contributed by atoms with Crippen LogP contribution in [-0.4, -0.2) is 27.2 Å². The third-order valence-corrected chi connectivity index (χ3v) is 11.4. The third kappa shape index (κ3) is 5.96. The zero-order valence-corrected chi connectivity index (χ0v) is 31.3. The zero-order valence-electron chi connectivity index (χ0n) is 31.3. The predicted molar refractivity (Wildman–Crippen MR) is 227 cm³/mol. The summed E-state index contributed by atoms with van der Waals surface area (Å²) < 4.78 is 0. The van der Waals surface area contributed by atoms with Crippen LogP contribution in [0.25, 0.3) is 65.9 Å². The van der Waals surface area contributed by atoms with Crippen molar-refractivity contribution in [3.63, 3.8) is 0 Å². The van der Waals surface area contributed by atoms with Crippen LogP contribution in [0.1, 0.15) is 63.6 Å². The standard InChI is InChI=1S/C50H44N4/c1-4-28-51-43(5-2)36-30-35(31-50(3,32-36)46-21-13-14-29-52-46)37-25-26-40(39-18-10-9-17-38(37)39)45-27-23-34-22-24-42-47(33-15-7-6-8-16-33)41-19-11-12-20-44(41)54-49(42)48(34)53-45/h6-27,29-30,35H,4-5,28,31-32H2,1-3H3/b51-43+/t35?,50-/m1/s1. The molecular weight excluding hydrogens is 657 g/mol. The molecule has 9 rings (SSSR count). The molecule has 54 heavy (non-hydrogen) atoms. The molecule has 0 saturated heterocycles. The maximum absolute atomic E-state index is 5.45. The molecule has 0 N–H and O–H groups in total. The van der Waals surface area contributed by atoms with Crippen molar-refractivity contribution < 1.29 is 0 Å². The molecule has 0 radical (unpaired) electrons. The van der Waals surface area contributed by atoms with Gasteiger partial charge in [0.1, 0.15) is 0 Å². The highest BCUT2D eigenvalue weighted by molar-refractivity contribution is 6.16. The first kappa shape index (κ1) is 33.8. The van der Waals surface area contributed by atoms with E-state index in [0.717, 1.165) is 81.9 Å². The molecule has 0 amide bonds. The molecule has 1 aliphatic carbocycles. The first-order chi connectivity index (χ1) is 26.5. The Hall–Kier alpha value is -6.00. The Morgan fingerprint density at radius 2 is 1.46 bits per heavy atom. The summed E-state index contributed by atoms with van der Waals surface area (Å²) in [5, 5.41) is 5.82. The average molecular weight is 701 g/mol. The van der Waals surface area contributed by atoms with Crippen LogP contribution < -0.4 is 0 Å². The molecule has 0 saturated carbocycles. The molecule has 1 unspecified atom stereocenters. The second-order valence-electron chi connectivity index (χ2n) is 15.0. The number of benzene rings is 5. The van der Waals surface area contributed by atoms with E-state index in [2.05, 4.69) is 154 Å². The van der Waals surface area contributed by atoms with Gasteiger partial charge in [0.2, 0.25) is 0 Å². The first-order valence-corrected chi connectivity index (χ1v) is 19.4. The van der Waals surface area contributed by atoms with Crippen LogP contribution in [0.5, 0.6) is 0 Å². The second-order valence-corrected chi connectivity index (χ2v) is 15.0. The third-order valence-electron chi connectivity index (χ3n) is 11.4. The highest BCUT2D eigenvalue weighted by Gasteiger charge is 2.37. The fourth-order valence-electron chi connectivity index (χ4n) is 8.81. The van der Waals surface area contributed by atoms with Crippen molar-refractivity contribution >= 4 is 49.2 Å². The Labute approximate surface area is 317 Å². The molecule has 0 spiro atoms. The molecule has 3 heterocycles. The lowest BCUT2D eigenvalue weighted by Gasteiger charge is -2.38. The summed E-state index contributed by atoms with van der Waals surface area (Å²) in [6, 6.07) is 47.7. The summed E-state index contributed by atoms with van der Waals surface area (Å²) in [4.78, 5) is 20.7. The minimum Gasteiger partial charge on any atom is -0.290 e. The molecule has 4 heteroatoms. The van der Waals surface area contributed by atoms with E-state index >= 15 is 0 Å². The summed E-state index contributed by atoms with van der Waals surface area (Å²) in [7, 11) is 0. The predicted octanol–water partition coefficient (Wildman–Crippen LogP) is 12.8. The quantitative estimate of drug-likeness (QED) is 0.0901. The number of nitrogens with zero attached hydrogens (tertiary/aromatic N) is 4. The van der Waals surface area contributed by atoms with Crippen LogP contribution in [0, 0.1) is 0 Å². The number of hydrogen-bond acceptors (Lipinski definition) is 4. The van der Waals surface area contributed by atoms with Gasteiger partial charge < -0.3 is 0 Å². The van der Waals surface area contributed by atoms with E-state index in [-0.39, 0.29) is 11.3 Å². The van der Waals surface area contributed by atoms with Crippen molar-refractivity contribution in [3.8, 4) is 22.4 Å². The van der Waals surface area contributed by atoms with E-state index in [1.165, 1.54) is 38.7 Å². The Kier molecular flexibility index (Phi) is 8.83. The van der Waals surface area contributed by atoms with Crippen LogP contribution in [0.4, 0.5) is 0 Å². The maximum Gasteiger partial charge on any atom is 0.0978 e. The van der Waals surface area contributed by atoms with Gasteiger partial charge in [0.25, 0.3) is 0 Å². The first-order valence-electron chi connectivity index (χ1n) is 19.4. The fraction of sp³-hybridized carbons (Fsp3) is 0.200. The Balaban J connectivity index is 1.21. The van der Waals surface area contributed by atoms with Crippen molar-refractivity contribution in [2.24, 2.45) is 4.99 Å². The second kappa shape index (κ2) is 14.1. The monoisotopic (exact) mass is 700 g/mol. The molecule has 4 nitrogen and oxygen atoms in total. The lowest BCUT2D eigenvalue weighted by atomic mass is 9.66. The number of rotatable bonds is 8. The molecule has 1 aliphatic rings. The van der Waals surface area contributed by atoms with Gasteiger partial charge in [-0.2, -0.15) is 0 Å². The van der Waals surface area contributed by atoms with Crippen molar-refractivity contribution in [1.29, 1.82) is 0 Å². The van der Waals surface area contributed by atoms with Gasteiger partial charge in [-0.05, 0) is 77.4 Å². The molecule has 0 bridgehead atoms. The van der Waals surface area contributed by atoms with Crippen molar-refractivity contribution in [2.45, 2.75) is 57.8 Å². The largest absolute Gasteiger partial charge is 0.290 e. The van der Waals surface area contributed by atoms with Gasteiger partial charge >= 0.3 is 0 Å². The minimum absolute atomic E-state index is 0.116. The maximum atomic E-state index is 5.45. The summed E-state index contributed by atoms with van der Waals surface area (Å²) >= 11 is 0. The number of aliphatic imine (C=N–C) groups is 1. The Morgan fingerprint density at radius 1 is 0.704 bits per heavy atom. The highest BCUT2D eigenvalue weighted by atomic mass is 14.8. The molecule has 2 atom stereocenters. The summed E-state index contributed by atoms with van der Waals surface area (Å²) in [5.41, 5.74) is 12.2. The molecule has 8 aromatic rings. The van der Waals surface area contributed by atoms with Gasteiger partial charge in [0.05, 0.1) is 22.2 Å². The number of fused-ring (bicyclic) bond motifs is 5. The SMILES string of the molecule is CCC/N=C(\CC)C1=CC(c2ccc(-c3ccc4ccc5c(-c6ccccc6)c6ccccc6nc5c4n3)c3ccccc23)C[C@@](C)(c2ccccn2)C1. The Bertz CT molecular complexity index is 2730. The molecule has 0 aliphatic heterocycles. The van der Waals surface area contributed by atoms with Gasteiger partial charge in [-0.25, -0.2) is 9.97 Å². The molecular formula is C50H44N4. The van der Waals surface area contributed by atoms with Crippen molar-refractivity contribution in [1.82, 2.24) is 15.0 Å². The lowest BCUT2D eigenvalue weighted by Crippen LogP contribution is -2.31. The average Bonchev–Trinajstić information content (AvgIpc) is 3.23. The number of aromatic nitrogens is 3. The van der Waals surface area contributed by atoms with Crippen LogP contribution in [-0.2, 0) is 5.41 Å². The lowest BCUT2D eigenvalue weighted by molar-refractivity contribution is 0.386.